The smallest absolute Gasteiger partial charge is 0.267 e. The molecule has 2 aromatic carbocycles. The highest BCUT2D eigenvalue weighted by molar-refractivity contribution is 7.98. The number of thioether (sulfide) groups is 1. The van der Waals surface area contributed by atoms with Gasteiger partial charge in [-0.1, -0.05) is 66.7 Å². The van der Waals surface area contributed by atoms with Crippen molar-refractivity contribution in [1.29, 1.82) is 0 Å². The summed E-state index contributed by atoms with van der Waals surface area (Å²) in [6, 6.07) is 18.4. The van der Waals surface area contributed by atoms with E-state index in [-0.39, 0.29) is 5.56 Å². The number of para-hydroxylation sites is 1. The van der Waals surface area contributed by atoms with E-state index in [2.05, 4.69) is 38.1 Å². The molecule has 2 aromatic heterocycles. The highest BCUT2D eigenvalue weighted by Gasteiger charge is 2.25. The summed E-state index contributed by atoms with van der Waals surface area (Å²) in [5.41, 5.74) is 4.69. The number of benzene rings is 2. The molecule has 5 rings (SSSR count). The number of fused-ring (bicyclic) bond motifs is 3. The third-order valence-electron chi connectivity index (χ3n) is 5.76. The Balaban J connectivity index is 1.65. The van der Waals surface area contributed by atoms with Gasteiger partial charge in [0.05, 0.1) is 11.1 Å². The average Bonchev–Trinajstić information content (AvgIpc) is 3.10. The third-order valence-corrected chi connectivity index (χ3v) is 7.92. The zero-order chi connectivity index (χ0) is 20.7. The van der Waals surface area contributed by atoms with Crippen LogP contribution in [0.25, 0.3) is 15.9 Å². The lowest BCUT2D eigenvalue weighted by Crippen LogP contribution is -2.22. The first-order valence-electron chi connectivity index (χ1n) is 10.4. The van der Waals surface area contributed by atoms with Crippen LogP contribution in [0.3, 0.4) is 0 Å². The minimum atomic E-state index is 0.0741. The molecule has 1 aliphatic carbocycles. The molecule has 0 aliphatic heterocycles. The molecule has 0 amide bonds. The lowest BCUT2D eigenvalue weighted by molar-refractivity contribution is 0.509. The van der Waals surface area contributed by atoms with Crippen LogP contribution in [-0.4, -0.2) is 9.55 Å². The number of hydrogen-bond acceptors (Lipinski definition) is 4. The van der Waals surface area contributed by atoms with Crippen LogP contribution in [0.1, 0.15) is 34.9 Å². The summed E-state index contributed by atoms with van der Waals surface area (Å²) in [4.78, 5) is 21.0. The molecule has 4 aromatic rings. The Hall–Kier alpha value is -2.37. The summed E-state index contributed by atoms with van der Waals surface area (Å²) in [5.74, 6) is 1.46. The molecule has 0 radical (unpaired) electrons. The van der Waals surface area contributed by atoms with Gasteiger partial charge in [-0.2, -0.15) is 0 Å². The second-order valence-electron chi connectivity index (χ2n) is 8.18. The number of thiophene rings is 1. The van der Waals surface area contributed by atoms with Crippen LogP contribution in [-0.2, 0) is 18.6 Å². The molecule has 0 fully saturated rings. The predicted octanol–water partition coefficient (Wildman–Crippen LogP) is 6.17. The molecule has 30 heavy (non-hydrogen) atoms. The fourth-order valence-corrected chi connectivity index (χ4v) is 6.60. The molecule has 5 heteroatoms. The quantitative estimate of drug-likeness (QED) is 0.286. The van der Waals surface area contributed by atoms with Gasteiger partial charge in [0.2, 0.25) is 0 Å². The van der Waals surface area contributed by atoms with Gasteiger partial charge >= 0.3 is 0 Å². The molecule has 152 valence electrons. The summed E-state index contributed by atoms with van der Waals surface area (Å²) in [5, 5.41) is 1.61. The SMILES string of the molecule is Cc1cccc(CSc2nc3sc4c(c3c(=O)n2-c2ccccc2)CCC(C)C4)c1. The fraction of sp³-hybridized carbons (Fsp3) is 0.280. The maximum atomic E-state index is 13.7. The molecule has 0 bridgehead atoms. The Morgan fingerprint density at radius 3 is 2.80 bits per heavy atom. The molecule has 1 unspecified atom stereocenters. The molecule has 1 atom stereocenters. The van der Waals surface area contributed by atoms with E-state index in [9.17, 15) is 4.79 Å². The Kier molecular flexibility index (Phi) is 5.25. The van der Waals surface area contributed by atoms with Crippen molar-refractivity contribution in [1.82, 2.24) is 9.55 Å². The van der Waals surface area contributed by atoms with Gasteiger partial charge in [0.15, 0.2) is 5.16 Å². The summed E-state index contributed by atoms with van der Waals surface area (Å²) < 4.78 is 1.81. The lowest BCUT2D eigenvalue weighted by Gasteiger charge is -2.17. The van der Waals surface area contributed by atoms with Crippen LogP contribution in [0.5, 0.6) is 0 Å². The third kappa shape index (κ3) is 3.61. The van der Waals surface area contributed by atoms with E-state index in [1.54, 1.807) is 23.1 Å². The number of rotatable bonds is 4. The van der Waals surface area contributed by atoms with Crippen molar-refractivity contribution in [3.8, 4) is 5.69 Å². The number of nitrogens with zero attached hydrogens (tertiary/aromatic N) is 2. The van der Waals surface area contributed by atoms with Crippen molar-refractivity contribution in [2.45, 2.75) is 44.0 Å². The van der Waals surface area contributed by atoms with Gasteiger partial charge < -0.3 is 0 Å². The molecule has 1 aliphatic rings. The number of aryl methyl sites for hydroxylation is 2. The molecule has 0 N–H and O–H groups in total. The van der Waals surface area contributed by atoms with Crippen LogP contribution >= 0.6 is 23.1 Å². The highest BCUT2D eigenvalue weighted by Crippen LogP contribution is 2.37. The van der Waals surface area contributed by atoms with E-state index < -0.39 is 0 Å². The van der Waals surface area contributed by atoms with Gasteiger partial charge in [-0.25, -0.2) is 4.98 Å². The molecular weight excluding hydrogens is 408 g/mol. The van der Waals surface area contributed by atoms with Crippen molar-refractivity contribution >= 4 is 33.3 Å². The topological polar surface area (TPSA) is 34.9 Å². The van der Waals surface area contributed by atoms with Gasteiger partial charge in [-0.05, 0) is 55.4 Å². The van der Waals surface area contributed by atoms with E-state index >= 15 is 0 Å². The maximum Gasteiger partial charge on any atom is 0.267 e. The van der Waals surface area contributed by atoms with Gasteiger partial charge in [0, 0.05) is 10.6 Å². The average molecular weight is 433 g/mol. The largest absolute Gasteiger partial charge is 0.268 e. The van der Waals surface area contributed by atoms with Crippen LogP contribution in [0.4, 0.5) is 0 Å². The van der Waals surface area contributed by atoms with Crippen molar-refractivity contribution in [3.63, 3.8) is 0 Å². The molecule has 3 nitrogen and oxygen atoms in total. The van der Waals surface area contributed by atoms with E-state index in [1.165, 1.54) is 21.6 Å². The first-order valence-corrected chi connectivity index (χ1v) is 12.2. The van der Waals surface area contributed by atoms with Crippen molar-refractivity contribution in [3.05, 3.63) is 86.5 Å². The van der Waals surface area contributed by atoms with E-state index in [0.717, 1.165) is 46.1 Å². The standard InChI is InChI=1S/C25H24N2OS2/c1-16-7-6-8-18(13-16)15-29-25-26-23-22(20-12-11-17(2)14-21(20)30-23)24(28)27(25)19-9-4-3-5-10-19/h3-10,13,17H,11-12,14-15H2,1-2H3. The summed E-state index contributed by atoms with van der Waals surface area (Å²) in [7, 11) is 0. The lowest BCUT2D eigenvalue weighted by atomic mass is 9.89. The van der Waals surface area contributed by atoms with Crippen LogP contribution in [0.15, 0.2) is 64.5 Å². The molecule has 2 heterocycles. The molecular formula is C25H24N2OS2. The Morgan fingerprint density at radius 1 is 1.17 bits per heavy atom. The van der Waals surface area contributed by atoms with Crippen molar-refractivity contribution in [2.75, 3.05) is 0 Å². The van der Waals surface area contributed by atoms with Gasteiger partial charge in [-0.3, -0.25) is 9.36 Å². The summed E-state index contributed by atoms with van der Waals surface area (Å²) >= 11 is 3.36. The number of aromatic nitrogens is 2. The van der Waals surface area contributed by atoms with Crippen LogP contribution < -0.4 is 5.56 Å². The molecule has 0 saturated carbocycles. The second kappa shape index (κ2) is 8.05. The Morgan fingerprint density at radius 2 is 2.00 bits per heavy atom. The van der Waals surface area contributed by atoms with Gasteiger partial charge in [-0.15, -0.1) is 11.3 Å². The Labute approximate surface area is 184 Å². The zero-order valence-corrected chi connectivity index (χ0v) is 18.9. The summed E-state index contributed by atoms with van der Waals surface area (Å²) in [6.45, 7) is 4.40. The first kappa shape index (κ1) is 19.6. The highest BCUT2D eigenvalue weighted by atomic mass is 32.2. The van der Waals surface area contributed by atoms with Crippen LogP contribution in [0, 0.1) is 12.8 Å². The minimum absolute atomic E-state index is 0.0741. The van der Waals surface area contributed by atoms with E-state index in [4.69, 9.17) is 4.98 Å². The minimum Gasteiger partial charge on any atom is -0.268 e. The fourth-order valence-electron chi connectivity index (χ4n) is 4.22. The first-order chi connectivity index (χ1) is 14.6. The van der Waals surface area contributed by atoms with E-state index in [1.807, 2.05) is 34.9 Å². The normalized spacial score (nSPS) is 16.0. The van der Waals surface area contributed by atoms with Gasteiger partial charge in [0.25, 0.3) is 5.56 Å². The van der Waals surface area contributed by atoms with Crippen molar-refractivity contribution in [2.24, 2.45) is 5.92 Å². The van der Waals surface area contributed by atoms with Crippen LogP contribution in [0.2, 0.25) is 0 Å². The maximum absolute atomic E-state index is 13.7. The monoisotopic (exact) mass is 432 g/mol. The molecule has 0 saturated heterocycles. The Bertz CT molecular complexity index is 1270. The molecule has 0 spiro atoms. The second-order valence-corrected chi connectivity index (χ2v) is 10.2. The zero-order valence-electron chi connectivity index (χ0n) is 17.2. The number of hydrogen-bond donors (Lipinski definition) is 0. The van der Waals surface area contributed by atoms with E-state index in [0.29, 0.717) is 5.92 Å². The van der Waals surface area contributed by atoms with Gasteiger partial charge in [0.1, 0.15) is 4.83 Å². The van der Waals surface area contributed by atoms with Crippen molar-refractivity contribution < 1.29 is 0 Å². The predicted molar refractivity (Wildman–Crippen MR) is 127 cm³/mol. The summed E-state index contributed by atoms with van der Waals surface area (Å²) in [6.07, 6.45) is 3.19.